The number of carbonyl (C=O) groups is 2. The topological polar surface area (TPSA) is 79.3 Å². The number of halogens is 1. The van der Waals surface area contributed by atoms with Crippen LogP contribution in [0.3, 0.4) is 0 Å². The Morgan fingerprint density at radius 1 is 1.29 bits per heavy atom. The summed E-state index contributed by atoms with van der Waals surface area (Å²) in [4.78, 5) is 25.0. The van der Waals surface area contributed by atoms with Gasteiger partial charge in [-0.25, -0.2) is 4.98 Å². The molecule has 1 aromatic heterocycles. The Balaban J connectivity index is 2.27. The number of nitrogens with one attached hydrogen (secondary N) is 1. The molecule has 5 nitrogen and oxygen atoms in total. The lowest BCUT2D eigenvalue weighted by Crippen LogP contribution is -2.12. The van der Waals surface area contributed by atoms with E-state index in [1.807, 2.05) is 0 Å². The maximum atomic E-state index is 12.7. The fourth-order valence-electron chi connectivity index (χ4n) is 1.25. The van der Waals surface area contributed by atoms with E-state index in [1.54, 1.807) is 0 Å². The second-order valence-electron chi connectivity index (χ2n) is 3.49. The van der Waals surface area contributed by atoms with Gasteiger partial charge in [-0.15, -0.1) is 0 Å². The molecule has 92 valence electrons. The summed E-state index contributed by atoms with van der Waals surface area (Å²) in [7, 11) is 0. The van der Waals surface area contributed by atoms with Crippen LogP contribution in [0.4, 0.5) is 10.2 Å². The predicted molar refractivity (Wildman–Crippen MR) is 58.9 cm³/mol. The lowest BCUT2D eigenvalue weighted by molar-refractivity contribution is -0.137. The first-order valence-corrected chi connectivity index (χ1v) is 5.22. The second-order valence-corrected chi connectivity index (χ2v) is 3.49. The fraction of sp³-hybridized carbons (Fsp3) is 0.364. The number of nitrogens with zero attached hydrogens (tertiary/aromatic N) is 1. The Kier molecular flexibility index (Phi) is 5.06. The van der Waals surface area contributed by atoms with Gasteiger partial charge in [-0.3, -0.25) is 9.59 Å². The number of amides is 1. The molecule has 2 N–H and O–H groups in total. The molecule has 17 heavy (non-hydrogen) atoms. The third-order valence-electron chi connectivity index (χ3n) is 2.03. The summed E-state index contributed by atoms with van der Waals surface area (Å²) in [5.41, 5.74) is 0. The van der Waals surface area contributed by atoms with Gasteiger partial charge in [0.1, 0.15) is 5.82 Å². The van der Waals surface area contributed by atoms with E-state index in [9.17, 15) is 14.0 Å². The molecule has 0 aromatic carbocycles. The van der Waals surface area contributed by atoms with Gasteiger partial charge >= 0.3 is 5.97 Å². The van der Waals surface area contributed by atoms with Gasteiger partial charge in [0.05, 0.1) is 0 Å². The molecule has 1 rings (SSSR count). The molecule has 0 aliphatic heterocycles. The zero-order valence-electron chi connectivity index (χ0n) is 9.15. The van der Waals surface area contributed by atoms with Crippen LogP contribution in [-0.2, 0) is 9.59 Å². The van der Waals surface area contributed by atoms with Crippen molar-refractivity contribution in [3.05, 3.63) is 24.1 Å². The van der Waals surface area contributed by atoms with Crippen molar-refractivity contribution in [1.82, 2.24) is 4.98 Å². The van der Waals surface area contributed by atoms with Crippen molar-refractivity contribution < 1.29 is 19.1 Å². The highest BCUT2D eigenvalue weighted by molar-refractivity contribution is 5.89. The minimum Gasteiger partial charge on any atom is -0.481 e. The van der Waals surface area contributed by atoms with Crippen molar-refractivity contribution in [3.8, 4) is 0 Å². The number of anilines is 1. The van der Waals surface area contributed by atoms with Crippen molar-refractivity contribution in [3.63, 3.8) is 0 Å². The number of carboxylic acid groups (broad SMARTS) is 1. The Morgan fingerprint density at radius 3 is 2.65 bits per heavy atom. The molecule has 0 fully saturated rings. The van der Waals surface area contributed by atoms with Crippen LogP contribution in [0.5, 0.6) is 0 Å². The number of carbonyl (C=O) groups excluding carboxylic acids is 1. The van der Waals surface area contributed by atoms with E-state index in [0.29, 0.717) is 12.8 Å². The molecule has 0 unspecified atom stereocenters. The summed E-state index contributed by atoms with van der Waals surface area (Å²) in [5.74, 6) is -1.67. The average molecular weight is 240 g/mol. The van der Waals surface area contributed by atoms with Gasteiger partial charge in [-0.2, -0.15) is 4.39 Å². The van der Waals surface area contributed by atoms with Crippen LogP contribution >= 0.6 is 0 Å². The van der Waals surface area contributed by atoms with Crippen LogP contribution < -0.4 is 5.32 Å². The standard InChI is InChI=1S/C11H13FN2O3/c12-8-4-3-5-9(13-8)14-10(15)6-1-2-7-11(16)17/h3-5H,1-2,6-7H2,(H,16,17)(H,13,14,15). The molecule has 6 heteroatoms. The first-order chi connectivity index (χ1) is 8.08. The minimum atomic E-state index is -0.878. The number of hydrogen-bond acceptors (Lipinski definition) is 3. The summed E-state index contributed by atoms with van der Waals surface area (Å²) < 4.78 is 12.7. The molecular weight excluding hydrogens is 227 g/mol. The molecule has 0 saturated carbocycles. The van der Waals surface area contributed by atoms with Crippen LogP contribution in [0.1, 0.15) is 25.7 Å². The summed E-state index contributed by atoms with van der Waals surface area (Å²) >= 11 is 0. The lowest BCUT2D eigenvalue weighted by Gasteiger charge is -2.03. The van der Waals surface area contributed by atoms with Crippen molar-refractivity contribution in [2.45, 2.75) is 25.7 Å². The first-order valence-electron chi connectivity index (χ1n) is 5.22. The highest BCUT2D eigenvalue weighted by atomic mass is 19.1. The smallest absolute Gasteiger partial charge is 0.303 e. The van der Waals surface area contributed by atoms with Gasteiger partial charge < -0.3 is 10.4 Å². The van der Waals surface area contributed by atoms with Crippen LogP contribution in [0.2, 0.25) is 0 Å². The number of rotatable bonds is 6. The van der Waals surface area contributed by atoms with Crippen LogP contribution in [0, 0.1) is 5.95 Å². The van der Waals surface area contributed by atoms with E-state index in [2.05, 4.69) is 10.3 Å². The molecule has 0 saturated heterocycles. The third kappa shape index (κ3) is 5.60. The number of aromatic nitrogens is 1. The molecule has 0 atom stereocenters. The van der Waals surface area contributed by atoms with E-state index < -0.39 is 11.9 Å². The fourth-order valence-corrected chi connectivity index (χ4v) is 1.25. The summed E-state index contributed by atoms with van der Waals surface area (Å²) in [6, 6.07) is 4.11. The SMILES string of the molecule is O=C(O)CCCCC(=O)Nc1cccc(F)n1. The molecule has 1 heterocycles. The summed E-state index contributed by atoms with van der Waals surface area (Å²) in [6.45, 7) is 0. The van der Waals surface area contributed by atoms with Crippen molar-refractivity contribution in [1.29, 1.82) is 0 Å². The number of aliphatic carboxylic acids is 1. The van der Waals surface area contributed by atoms with Gasteiger partial charge in [0.25, 0.3) is 0 Å². The minimum absolute atomic E-state index is 0.0471. The maximum Gasteiger partial charge on any atom is 0.303 e. The molecule has 0 bridgehead atoms. The number of pyridine rings is 1. The van der Waals surface area contributed by atoms with Crippen molar-refractivity contribution in [2.75, 3.05) is 5.32 Å². The van der Waals surface area contributed by atoms with Crippen LogP contribution in [0.15, 0.2) is 18.2 Å². The van der Waals surface area contributed by atoms with Crippen molar-refractivity contribution >= 4 is 17.7 Å². The van der Waals surface area contributed by atoms with Gasteiger partial charge in [-0.1, -0.05) is 6.07 Å². The van der Waals surface area contributed by atoms with E-state index in [4.69, 9.17) is 5.11 Å². The first kappa shape index (κ1) is 13.1. The maximum absolute atomic E-state index is 12.7. The number of hydrogen-bond donors (Lipinski definition) is 2. The lowest BCUT2D eigenvalue weighted by atomic mass is 10.2. The van der Waals surface area contributed by atoms with Crippen LogP contribution in [-0.4, -0.2) is 22.0 Å². The molecule has 1 amide bonds. The Morgan fingerprint density at radius 2 is 2.00 bits per heavy atom. The number of unbranched alkanes of at least 4 members (excludes halogenated alkanes) is 1. The molecule has 1 aromatic rings. The summed E-state index contributed by atoms with van der Waals surface area (Å²) in [5, 5.41) is 10.8. The Labute approximate surface area is 97.7 Å². The second kappa shape index (κ2) is 6.57. The van der Waals surface area contributed by atoms with E-state index in [-0.39, 0.29) is 24.6 Å². The Hall–Kier alpha value is -1.98. The highest BCUT2D eigenvalue weighted by Gasteiger charge is 2.04. The molecule has 0 aliphatic carbocycles. The van der Waals surface area contributed by atoms with Gasteiger partial charge in [0, 0.05) is 12.8 Å². The molecular formula is C11H13FN2O3. The molecule has 0 spiro atoms. The molecule has 0 radical (unpaired) electrons. The van der Waals surface area contributed by atoms with E-state index in [1.165, 1.54) is 18.2 Å². The quantitative estimate of drug-likeness (QED) is 0.587. The zero-order valence-corrected chi connectivity index (χ0v) is 9.15. The van der Waals surface area contributed by atoms with Gasteiger partial charge in [0.2, 0.25) is 11.9 Å². The van der Waals surface area contributed by atoms with Crippen molar-refractivity contribution in [2.24, 2.45) is 0 Å². The summed E-state index contributed by atoms with van der Waals surface area (Å²) in [6.07, 6.45) is 1.17. The van der Waals surface area contributed by atoms with Gasteiger partial charge in [-0.05, 0) is 25.0 Å². The zero-order chi connectivity index (χ0) is 12.7. The third-order valence-corrected chi connectivity index (χ3v) is 2.03. The van der Waals surface area contributed by atoms with Gasteiger partial charge in [0.15, 0.2) is 0 Å². The van der Waals surface area contributed by atoms with E-state index >= 15 is 0 Å². The monoisotopic (exact) mass is 240 g/mol. The highest BCUT2D eigenvalue weighted by Crippen LogP contribution is 2.06. The van der Waals surface area contributed by atoms with E-state index in [0.717, 1.165) is 0 Å². The predicted octanol–water partition coefficient (Wildman–Crippen LogP) is 1.80. The number of carboxylic acids is 1. The van der Waals surface area contributed by atoms with Crippen LogP contribution in [0.25, 0.3) is 0 Å². The largest absolute Gasteiger partial charge is 0.481 e. The normalized spacial score (nSPS) is 9.94. The molecule has 0 aliphatic rings. The Bertz CT molecular complexity index is 409. The average Bonchev–Trinajstić information content (AvgIpc) is 2.24.